The fraction of sp³-hybridized carbons (Fsp3) is 0.600. The van der Waals surface area contributed by atoms with Gasteiger partial charge in [0, 0.05) is 17.6 Å². The van der Waals surface area contributed by atoms with E-state index in [2.05, 4.69) is 26.6 Å². The zero-order chi connectivity index (χ0) is 13.7. The SMILES string of the molecule is CNCC1(CNCCc2cc(Br)ccc2F)CCC1. The molecule has 0 aliphatic heterocycles. The average Bonchev–Trinajstić information content (AvgIpc) is 2.35. The minimum absolute atomic E-state index is 0.112. The number of hydrogen-bond donors (Lipinski definition) is 2. The normalized spacial score (nSPS) is 17.2. The van der Waals surface area contributed by atoms with Crippen LogP contribution in [-0.4, -0.2) is 26.7 Å². The highest BCUT2D eigenvalue weighted by atomic mass is 79.9. The molecule has 0 heterocycles. The van der Waals surface area contributed by atoms with Crippen molar-refractivity contribution < 1.29 is 4.39 Å². The van der Waals surface area contributed by atoms with Crippen LogP contribution < -0.4 is 10.6 Å². The lowest BCUT2D eigenvalue weighted by molar-refractivity contribution is 0.131. The molecule has 2 nitrogen and oxygen atoms in total. The molecule has 1 aromatic rings. The molecule has 0 spiro atoms. The summed E-state index contributed by atoms with van der Waals surface area (Å²) in [6, 6.07) is 5.13. The summed E-state index contributed by atoms with van der Waals surface area (Å²) in [5.74, 6) is -0.112. The third-order valence-electron chi connectivity index (χ3n) is 4.04. The molecule has 0 radical (unpaired) electrons. The molecule has 106 valence electrons. The van der Waals surface area contributed by atoms with Gasteiger partial charge in [-0.1, -0.05) is 22.4 Å². The van der Waals surface area contributed by atoms with Crippen molar-refractivity contribution in [1.29, 1.82) is 0 Å². The number of hydrogen-bond acceptors (Lipinski definition) is 2. The number of benzene rings is 1. The zero-order valence-electron chi connectivity index (χ0n) is 11.4. The largest absolute Gasteiger partial charge is 0.319 e. The molecule has 1 fully saturated rings. The first-order valence-corrected chi connectivity index (χ1v) is 7.74. The summed E-state index contributed by atoms with van der Waals surface area (Å²) in [6.45, 7) is 2.94. The number of nitrogens with one attached hydrogen (secondary N) is 2. The topological polar surface area (TPSA) is 24.1 Å². The Hall–Kier alpha value is -0.450. The van der Waals surface area contributed by atoms with Crippen molar-refractivity contribution in [2.24, 2.45) is 5.41 Å². The molecule has 0 aromatic heterocycles. The Morgan fingerprint density at radius 3 is 2.74 bits per heavy atom. The number of rotatable bonds is 7. The van der Waals surface area contributed by atoms with Gasteiger partial charge < -0.3 is 10.6 Å². The molecule has 0 atom stereocenters. The highest BCUT2D eigenvalue weighted by molar-refractivity contribution is 9.10. The van der Waals surface area contributed by atoms with Crippen molar-refractivity contribution in [2.75, 3.05) is 26.7 Å². The van der Waals surface area contributed by atoms with E-state index >= 15 is 0 Å². The maximum absolute atomic E-state index is 13.6. The van der Waals surface area contributed by atoms with Gasteiger partial charge in [-0.3, -0.25) is 0 Å². The molecule has 4 heteroatoms. The van der Waals surface area contributed by atoms with Gasteiger partial charge >= 0.3 is 0 Å². The Labute approximate surface area is 123 Å². The van der Waals surface area contributed by atoms with Gasteiger partial charge in [0.05, 0.1) is 0 Å². The van der Waals surface area contributed by atoms with Gasteiger partial charge in [-0.2, -0.15) is 0 Å². The molecular formula is C15H22BrFN2. The van der Waals surface area contributed by atoms with E-state index in [0.717, 1.165) is 36.1 Å². The second kappa shape index (κ2) is 6.82. The minimum Gasteiger partial charge on any atom is -0.319 e. The van der Waals surface area contributed by atoms with Crippen molar-refractivity contribution in [2.45, 2.75) is 25.7 Å². The third kappa shape index (κ3) is 4.01. The molecule has 1 aliphatic carbocycles. The Bertz CT molecular complexity index is 419. The van der Waals surface area contributed by atoms with Crippen molar-refractivity contribution in [3.8, 4) is 0 Å². The highest BCUT2D eigenvalue weighted by Gasteiger charge is 2.35. The quantitative estimate of drug-likeness (QED) is 0.751. The smallest absolute Gasteiger partial charge is 0.126 e. The molecule has 0 amide bonds. The van der Waals surface area contributed by atoms with Crippen molar-refractivity contribution in [1.82, 2.24) is 10.6 Å². The zero-order valence-corrected chi connectivity index (χ0v) is 13.0. The maximum Gasteiger partial charge on any atom is 0.126 e. The van der Waals surface area contributed by atoms with Crippen molar-refractivity contribution >= 4 is 15.9 Å². The fourth-order valence-electron chi connectivity index (χ4n) is 2.78. The van der Waals surface area contributed by atoms with Gasteiger partial charge in [0.25, 0.3) is 0 Å². The van der Waals surface area contributed by atoms with Crippen LogP contribution >= 0.6 is 15.9 Å². The molecule has 2 N–H and O–H groups in total. The van der Waals surface area contributed by atoms with Crippen LogP contribution in [0, 0.1) is 11.2 Å². The first kappa shape index (κ1) is 14.9. The lowest BCUT2D eigenvalue weighted by Gasteiger charge is -2.42. The summed E-state index contributed by atoms with van der Waals surface area (Å²) in [7, 11) is 2.01. The Kier molecular flexibility index (Phi) is 5.37. The molecule has 1 aromatic carbocycles. The molecule has 0 bridgehead atoms. The van der Waals surface area contributed by atoms with Crippen LogP contribution in [0.4, 0.5) is 4.39 Å². The molecule has 1 saturated carbocycles. The fourth-order valence-corrected chi connectivity index (χ4v) is 3.19. The lowest BCUT2D eigenvalue weighted by Crippen LogP contribution is -2.46. The summed E-state index contributed by atoms with van der Waals surface area (Å²) >= 11 is 3.38. The lowest BCUT2D eigenvalue weighted by atomic mass is 9.68. The monoisotopic (exact) mass is 328 g/mol. The van der Waals surface area contributed by atoms with Gasteiger partial charge in [0.2, 0.25) is 0 Å². The van der Waals surface area contributed by atoms with Gasteiger partial charge in [-0.15, -0.1) is 0 Å². The van der Waals surface area contributed by atoms with Crippen LogP contribution in [0.2, 0.25) is 0 Å². The Morgan fingerprint density at radius 2 is 2.11 bits per heavy atom. The summed E-state index contributed by atoms with van der Waals surface area (Å²) in [5.41, 5.74) is 1.21. The predicted molar refractivity (Wildman–Crippen MR) is 80.9 cm³/mol. The Balaban J connectivity index is 1.76. The molecule has 2 rings (SSSR count). The summed E-state index contributed by atoms with van der Waals surface area (Å²) < 4.78 is 14.5. The van der Waals surface area contributed by atoms with Crippen LogP contribution in [0.5, 0.6) is 0 Å². The van der Waals surface area contributed by atoms with Crippen molar-refractivity contribution in [3.63, 3.8) is 0 Å². The van der Waals surface area contributed by atoms with Crippen LogP contribution in [0.3, 0.4) is 0 Å². The molecule has 19 heavy (non-hydrogen) atoms. The van der Waals surface area contributed by atoms with E-state index in [1.165, 1.54) is 25.3 Å². The van der Waals surface area contributed by atoms with Crippen LogP contribution in [-0.2, 0) is 6.42 Å². The maximum atomic E-state index is 13.6. The van der Waals surface area contributed by atoms with Crippen molar-refractivity contribution in [3.05, 3.63) is 34.1 Å². The van der Waals surface area contributed by atoms with Gasteiger partial charge in [-0.05, 0) is 62.0 Å². The van der Waals surface area contributed by atoms with E-state index in [1.807, 2.05) is 13.1 Å². The van der Waals surface area contributed by atoms with E-state index in [-0.39, 0.29) is 5.82 Å². The minimum atomic E-state index is -0.112. The van der Waals surface area contributed by atoms with E-state index < -0.39 is 0 Å². The molecule has 0 unspecified atom stereocenters. The van der Waals surface area contributed by atoms with Crippen LogP contribution in [0.25, 0.3) is 0 Å². The summed E-state index contributed by atoms with van der Waals surface area (Å²) in [5, 5.41) is 6.77. The molecule has 1 aliphatic rings. The summed E-state index contributed by atoms with van der Waals surface area (Å²) in [6.07, 6.45) is 4.67. The van der Waals surface area contributed by atoms with Gasteiger partial charge in [0.1, 0.15) is 5.82 Å². The van der Waals surface area contributed by atoms with Gasteiger partial charge in [0.15, 0.2) is 0 Å². The van der Waals surface area contributed by atoms with E-state index in [9.17, 15) is 4.39 Å². The highest BCUT2D eigenvalue weighted by Crippen LogP contribution is 2.39. The van der Waals surface area contributed by atoms with E-state index in [4.69, 9.17) is 0 Å². The standard InChI is InChI=1S/C15H22BrFN2/c1-18-10-15(6-2-7-15)11-19-8-5-12-9-13(16)3-4-14(12)17/h3-4,9,18-19H,2,5-8,10-11H2,1H3. The Morgan fingerprint density at radius 1 is 1.32 bits per heavy atom. The second-order valence-electron chi connectivity index (χ2n) is 5.55. The van der Waals surface area contributed by atoms with E-state index in [0.29, 0.717) is 5.41 Å². The van der Waals surface area contributed by atoms with Crippen LogP contribution in [0.15, 0.2) is 22.7 Å². The second-order valence-corrected chi connectivity index (χ2v) is 6.46. The average molecular weight is 329 g/mol. The van der Waals surface area contributed by atoms with E-state index in [1.54, 1.807) is 6.07 Å². The van der Waals surface area contributed by atoms with Crippen LogP contribution in [0.1, 0.15) is 24.8 Å². The number of halogens is 2. The molecule has 0 saturated heterocycles. The molecular weight excluding hydrogens is 307 g/mol. The first-order chi connectivity index (χ1) is 9.15. The predicted octanol–water partition coefficient (Wildman–Crippen LogP) is 3.11. The third-order valence-corrected chi connectivity index (χ3v) is 4.54. The van der Waals surface area contributed by atoms with Gasteiger partial charge in [-0.25, -0.2) is 4.39 Å². The summed E-state index contributed by atoms with van der Waals surface area (Å²) in [4.78, 5) is 0. The first-order valence-electron chi connectivity index (χ1n) is 6.94.